The van der Waals surface area contributed by atoms with Crippen LogP contribution in [0.2, 0.25) is 0 Å². The van der Waals surface area contributed by atoms with Crippen molar-refractivity contribution >= 4 is 33.5 Å². The van der Waals surface area contributed by atoms with Crippen LogP contribution in [0, 0.1) is 0 Å². The molecule has 0 bridgehead atoms. The van der Waals surface area contributed by atoms with Crippen molar-refractivity contribution in [3.63, 3.8) is 0 Å². The zero-order valence-electron chi connectivity index (χ0n) is 17.3. The molecule has 5 rings (SSSR count). The summed E-state index contributed by atoms with van der Waals surface area (Å²) in [6, 6.07) is 20.8. The van der Waals surface area contributed by atoms with Crippen LogP contribution in [0.4, 0.5) is 17.1 Å². The number of benzene rings is 3. The molecule has 0 fully saturated rings. The number of allylic oxidation sites excluding steroid dienone is 1. The van der Waals surface area contributed by atoms with Crippen LogP contribution in [0.3, 0.4) is 0 Å². The molecule has 1 aliphatic heterocycles. The Hall–Kier alpha value is -3.37. The van der Waals surface area contributed by atoms with Crippen molar-refractivity contribution in [1.29, 1.82) is 0 Å². The van der Waals surface area contributed by atoms with E-state index in [1.807, 2.05) is 24.3 Å². The molecule has 0 spiro atoms. The quantitative estimate of drug-likeness (QED) is 0.558. The molecule has 1 atom stereocenters. The second-order valence-corrected chi connectivity index (χ2v) is 7.51. The van der Waals surface area contributed by atoms with Crippen LogP contribution in [-0.2, 0) is 0 Å². The monoisotopic (exact) mass is 395 g/mol. The van der Waals surface area contributed by atoms with Gasteiger partial charge in [-0.05, 0) is 37.4 Å². The van der Waals surface area contributed by atoms with Gasteiger partial charge in [0, 0.05) is 22.5 Å². The highest BCUT2D eigenvalue weighted by atomic mass is 16.5. The Morgan fingerprint density at radius 3 is 2.47 bits per heavy atom. The van der Waals surface area contributed by atoms with Crippen LogP contribution >= 0.6 is 0 Å². The van der Waals surface area contributed by atoms with E-state index in [-0.39, 0.29) is 6.04 Å². The normalized spacial score (nSPS) is 17.1. The summed E-state index contributed by atoms with van der Waals surface area (Å²) >= 11 is 0. The van der Waals surface area contributed by atoms with Crippen molar-refractivity contribution < 1.29 is 4.74 Å². The van der Waals surface area contributed by atoms with Crippen LogP contribution in [0.1, 0.15) is 13.8 Å². The molecular formula is C26H25N3O. The van der Waals surface area contributed by atoms with Crippen LogP contribution in [0.25, 0.3) is 10.8 Å². The molecule has 4 heteroatoms. The zero-order valence-corrected chi connectivity index (χ0v) is 17.3. The number of anilines is 2. The first-order valence-electron chi connectivity index (χ1n) is 10.6. The van der Waals surface area contributed by atoms with Gasteiger partial charge in [-0.15, -0.1) is 0 Å². The third-order valence-corrected chi connectivity index (χ3v) is 5.75. The summed E-state index contributed by atoms with van der Waals surface area (Å²) in [5, 5.41) is 5.75. The first-order chi connectivity index (χ1) is 14.8. The lowest BCUT2D eigenvalue weighted by atomic mass is 10.0. The Labute approximate surface area is 177 Å². The summed E-state index contributed by atoms with van der Waals surface area (Å²) in [4.78, 5) is 7.37. The molecule has 1 N–H and O–H groups in total. The highest BCUT2D eigenvalue weighted by Crippen LogP contribution is 2.45. The van der Waals surface area contributed by atoms with Gasteiger partial charge in [0.25, 0.3) is 0 Å². The predicted molar refractivity (Wildman–Crippen MR) is 125 cm³/mol. The highest BCUT2D eigenvalue weighted by Gasteiger charge is 2.25. The van der Waals surface area contributed by atoms with Gasteiger partial charge >= 0.3 is 0 Å². The Kier molecular flexibility index (Phi) is 4.85. The zero-order chi connectivity index (χ0) is 20.5. The minimum Gasteiger partial charge on any atom is -0.453 e. The van der Waals surface area contributed by atoms with Gasteiger partial charge in [-0.2, -0.15) is 0 Å². The minimum atomic E-state index is 0.234. The standard InChI is InChI=1S/C26H25N3O/c1-3-29(4-2)19-14-15-22-24(16-19)30-25-17-23(27-18-10-6-5-7-11-18)20-12-8-9-13-21(20)26(25)28-22/h5-17,19,27H,3-4H2,1-2H3. The number of hydrogen-bond donors (Lipinski definition) is 1. The number of rotatable bonds is 5. The summed E-state index contributed by atoms with van der Waals surface area (Å²) in [5.41, 5.74) is 3.84. The number of nitrogens with zero attached hydrogens (tertiary/aromatic N) is 2. The fourth-order valence-electron chi connectivity index (χ4n) is 4.17. The van der Waals surface area contributed by atoms with Gasteiger partial charge in [0.15, 0.2) is 11.5 Å². The van der Waals surface area contributed by atoms with Crippen molar-refractivity contribution in [2.24, 2.45) is 4.99 Å². The summed E-state index contributed by atoms with van der Waals surface area (Å²) in [5.74, 6) is 1.62. The number of ether oxygens (including phenoxy) is 1. The SMILES string of the molecule is CCN(CC)C1C=CC2=Nc3c(cc(Nc4ccccc4)c4ccccc34)OC2=C1. The number of para-hydroxylation sites is 1. The van der Waals surface area contributed by atoms with Gasteiger partial charge in [-0.1, -0.05) is 62.4 Å². The Balaban J connectivity index is 1.59. The van der Waals surface area contributed by atoms with Crippen molar-refractivity contribution in [1.82, 2.24) is 4.90 Å². The van der Waals surface area contributed by atoms with E-state index in [0.717, 1.165) is 58.1 Å². The van der Waals surface area contributed by atoms with Crippen LogP contribution in [0.15, 0.2) is 89.6 Å². The lowest BCUT2D eigenvalue weighted by Crippen LogP contribution is -2.35. The van der Waals surface area contributed by atoms with Gasteiger partial charge in [0.1, 0.15) is 11.4 Å². The second kappa shape index (κ2) is 7.81. The maximum absolute atomic E-state index is 6.40. The fourth-order valence-corrected chi connectivity index (χ4v) is 4.17. The summed E-state index contributed by atoms with van der Waals surface area (Å²) < 4.78 is 6.40. The topological polar surface area (TPSA) is 36.9 Å². The van der Waals surface area contributed by atoms with Crippen LogP contribution in [-0.4, -0.2) is 29.7 Å². The van der Waals surface area contributed by atoms with E-state index in [4.69, 9.17) is 9.73 Å². The Bertz CT molecular complexity index is 1170. The molecule has 2 aliphatic rings. The van der Waals surface area contributed by atoms with Gasteiger partial charge in [-0.3, -0.25) is 4.90 Å². The van der Waals surface area contributed by atoms with E-state index < -0.39 is 0 Å². The summed E-state index contributed by atoms with van der Waals surface area (Å²) in [7, 11) is 0. The van der Waals surface area contributed by atoms with Gasteiger partial charge < -0.3 is 10.1 Å². The number of likely N-dealkylation sites (N-methyl/N-ethyl adjacent to an activating group) is 1. The van der Waals surface area contributed by atoms with Crippen LogP contribution < -0.4 is 10.1 Å². The molecule has 0 saturated heterocycles. The van der Waals surface area contributed by atoms with Crippen molar-refractivity contribution in [2.45, 2.75) is 19.9 Å². The fraction of sp³-hybridized carbons (Fsp3) is 0.192. The molecule has 3 aromatic carbocycles. The molecule has 0 aromatic heterocycles. The number of hydrogen-bond acceptors (Lipinski definition) is 4. The Morgan fingerprint density at radius 1 is 0.967 bits per heavy atom. The largest absolute Gasteiger partial charge is 0.453 e. The maximum atomic E-state index is 6.40. The van der Waals surface area contributed by atoms with Crippen molar-refractivity contribution in [3.05, 3.63) is 84.7 Å². The summed E-state index contributed by atoms with van der Waals surface area (Å²) in [6.07, 6.45) is 6.47. The molecule has 4 nitrogen and oxygen atoms in total. The predicted octanol–water partition coefficient (Wildman–Crippen LogP) is 6.21. The molecule has 30 heavy (non-hydrogen) atoms. The van der Waals surface area contributed by atoms with E-state index in [1.165, 1.54) is 0 Å². The second-order valence-electron chi connectivity index (χ2n) is 7.51. The lowest BCUT2D eigenvalue weighted by molar-refractivity contribution is 0.283. The van der Waals surface area contributed by atoms with Gasteiger partial charge in [0.2, 0.25) is 0 Å². The molecule has 1 unspecified atom stereocenters. The molecule has 0 saturated carbocycles. The first kappa shape index (κ1) is 18.6. The third-order valence-electron chi connectivity index (χ3n) is 5.75. The van der Waals surface area contributed by atoms with Crippen molar-refractivity contribution in [3.8, 4) is 5.75 Å². The molecular weight excluding hydrogens is 370 g/mol. The molecule has 1 aliphatic carbocycles. The van der Waals surface area contributed by atoms with Crippen LogP contribution in [0.5, 0.6) is 5.75 Å². The lowest BCUT2D eigenvalue weighted by Gasteiger charge is -2.29. The van der Waals surface area contributed by atoms with E-state index in [1.54, 1.807) is 0 Å². The van der Waals surface area contributed by atoms with Crippen molar-refractivity contribution in [2.75, 3.05) is 18.4 Å². The third kappa shape index (κ3) is 3.29. The van der Waals surface area contributed by atoms with Gasteiger partial charge in [-0.25, -0.2) is 4.99 Å². The average Bonchev–Trinajstić information content (AvgIpc) is 2.79. The number of aliphatic imine (C=N–C) groups is 1. The van der Waals surface area contributed by atoms with E-state index in [2.05, 4.69) is 78.7 Å². The van der Waals surface area contributed by atoms with Gasteiger partial charge in [0.05, 0.1) is 11.7 Å². The summed E-state index contributed by atoms with van der Waals surface area (Å²) in [6.45, 7) is 6.36. The molecule has 0 radical (unpaired) electrons. The maximum Gasteiger partial charge on any atom is 0.155 e. The highest BCUT2D eigenvalue weighted by molar-refractivity contribution is 6.14. The molecule has 150 valence electrons. The minimum absolute atomic E-state index is 0.234. The number of nitrogens with one attached hydrogen (secondary N) is 1. The molecule has 0 amide bonds. The molecule has 1 heterocycles. The molecule has 3 aromatic rings. The van der Waals surface area contributed by atoms with E-state index in [9.17, 15) is 0 Å². The Morgan fingerprint density at radius 2 is 1.70 bits per heavy atom. The average molecular weight is 396 g/mol. The number of fused-ring (bicyclic) bond motifs is 4. The van der Waals surface area contributed by atoms with E-state index in [0.29, 0.717) is 0 Å². The smallest absolute Gasteiger partial charge is 0.155 e. The van der Waals surface area contributed by atoms with E-state index >= 15 is 0 Å². The first-order valence-corrected chi connectivity index (χ1v) is 10.6.